The Morgan fingerprint density at radius 1 is 1.27 bits per heavy atom. The lowest BCUT2D eigenvalue weighted by Crippen LogP contribution is -2.29. The molecule has 118 valence electrons. The second-order valence-electron chi connectivity index (χ2n) is 5.37. The van der Waals surface area contributed by atoms with E-state index < -0.39 is 10.0 Å². The smallest absolute Gasteiger partial charge is 0.243 e. The monoisotopic (exact) mass is 338 g/mol. The molecule has 1 atom stereocenters. The molecule has 0 saturated carbocycles. The number of hydrogen-bond donors (Lipinski definition) is 0. The molecule has 0 radical (unpaired) electrons. The van der Waals surface area contributed by atoms with Crippen LogP contribution in [0, 0.1) is 6.92 Å². The van der Waals surface area contributed by atoms with Gasteiger partial charge in [-0.25, -0.2) is 18.1 Å². The largest absolute Gasteiger partial charge is 0.244 e. The molecule has 8 heteroatoms. The summed E-state index contributed by atoms with van der Waals surface area (Å²) < 4.78 is 28.6. The van der Waals surface area contributed by atoms with E-state index in [1.165, 1.54) is 6.33 Å². The van der Waals surface area contributed by atoms with Crippen LogP contribution in [-0.4, -0.2) is 45.8 Å². The molecule has 1 aromatic heterocycles. The number of nitrogens with zero attached hydrogens (tertiary/aromatic N) is 4. The predicted molar refractivity (Wildman–Crippen MR) is 85.2 cm³/mol. The second kappa shape index (κ2) is 6.02. The number of thioether (sulfide) groups is 1. The van der Waals surface area contributed by atoms with Crippen molar-refractivity contribution in [2.75, 3.05) is 13.1 Å². The topological polar surface area (TPSA) is 68.1 Å². The number of sulfonamides is 1. The van der Waals surface area contributed by atoms with Crippen molar-refractivity contribution in [3.05, 3.63) is 36.2 Å². The molecule has 1 aromatic carbocycles. The molecule has 0 N–H and O–H groups in total. The lowest BCUT2D eigenvalue weighted by molar-refractivity contribution is 0.478. The van der Waals surface area contributed by atoms with Crippen molar-refractivity contribution in [2.24, 2.45) is 7.05 Å². The summed E-state index contributed by atoms with van der Waals surface area (Å²) in [4.78, 5) is 4.54. The molecule has 3 rings (SSSR count). The number of benzene rings is 1. The molecule has 0 bridgehead atoms. The van der Waals surface area contributed by atoms with Gasteiger partial charge in [-0.3, -0.25) is 0 Å². The van der Waals surface area contributed by atoms with Gasteiger partial charge in [0.1, 0.15) is 6.33 Å². The van der Waals surface area contributed by atoms with Gasteiger partial charge in [-0.2, -0.15) is 9.40 Å². The molecule has 0 spiro atoms. The highest BCUT2D eigenvalue weighted by Gasteiger charge is 2.33. The van der Waals surface area contributed by atoms with Crippen LogP contribution in [0.5, 0.6) is 0 Å². The van der Waals surface area contributed by atoms with Gasteiger partial charge in [0.2, 0.25) is 10.0 Å². The summed E-state index contributed by atoms with van der Waals surface area (Å²) in [5.41, 5.74) is 1.05. The zero-order valence-corrected chi connectivity index (χ0v) is 14.1. The number of aromatic nitrogens is 3. The quantitative estimate of drug-likeness (QED) is 0.848. The number of aryl methyl sites for hydroxylation is 2. The lowest BCUT2D eigenvalue weighted by Gasteiger charge is -2.16. The van der Waals surface area contributed by atoms with E-state index in [2.05, 4.69) is 10.1 Å². The van der Waals surface area contributed by atoms with Crippen molar-refractivity contribution in [3.8, 4) is 0 Å². The van der Waals surface area contributed by atoms with Crippen LogP contribution in [-0.2, 0) is 17.1 Å². The summed E-state index contributed by atoms with van der Waals surface area (Å²) in [6, 6.07) is 7.01. The number of hydrogen-bond acceptors (Lipinski definition) is 5. The van der Waals surface area contributed by atoms with Crippen molar-refractivity contribution >= 4 is 21.8 Å². The zero-order chi connectivity index (χ0) is 15.7. The van der Waals surface area contributed by atoms with E-state index in [9.17, 15) is 8.42 Å². The van der Waals surface area contributed by atoms with E-state index in [0.717, 1.165) is 17.1 Å². The second-order valence-corrected chi connectivity index (χ2v) is 8.58. The molecule has 1 aliphatic heterocycles. The highest BCUT2D eigenvalue weighted by Crippen LogP contribution is 2.31. The summed E-state index contributed by atoms with van der Waals surface area (Å²) >= 11 is 1.59. The average Bonchev–Trinajstić information content (AvgIpc) is 3.10. The lowest BCUT2D eigenvalue weighted by atomic mass is 10.2. The summed E-state index contributed by atoms with van der Waals surface area (Å²) in [5, 5.41) is 5.07. The molecule has 0 amide bonds. The minimum Gasteiger partial charge on any atom is -0.244 e. The molecule has 22 heavy (non-hydrogen) atoms. The fraction of sp³-hybridized carbons (Fsp3) is 0.429. The first-order valence-corrected chi connectivity index (χ1v) is 9.36. The van der Waals surface area contributed by atoms with Crippen LogP contribution in [0.1, 0.15) is 12.0 Å². The Morgan fingerprint density at radius 2 is 2.00 bits per heavy atom. The fourth-order valence-electron chi connectivity index (χ4n) is 2.41. The van der Waals surface area contributed by atoms with Crippen LogP contribution in [0.2, 0.25) is 0 Å². The molecule has 2 heterocycles. The molecular weight excluding hydrogens is 320 g/mol. The summed E-state index contributed by atoms with van der Waals surface area (Å²) in [6.07, 6.45) is 2.33. The molecule has 1 unspecified atom stereocenters. The first-order valence-electron chi connectivity index (χ1n) is 7.04. The van der Waals surface area contributed by atoms with E-state index in [1.54, 1.807) is 32.9 Å². The van der Waals surface area contributed by atoms with E-state index in [0.29, 0.717) is 18.0 Å². The van der Waals surface area contributed by atoms with Crippen LogP contribution in [0.15, 0.2) is 40.6 Å². The fourth-order valence-corrected chi connectivity index (χ4v) is 5.09. The van der Waals surface area contributed by atoms with Gasteiger partial charge in [0, 0.05) is 25.4 Å². The van der Waals surface area contributed by atoms with Crippen LogP contribution < -0.4 is 0 Å². The molecule has 6 nitrogen and oxygen atoms in total. The standard InChI is InChI=1S/C14H18N4O2S2/c1-11-3-5-13(6-4-11)22(19,20)18-8-7-12(9-18)21-14-15-10-16-17(14)2/h3-6,10,12H,7-9H2,1-2H3. The predicted octanol–water partition coefficient (Wildman–Crippen LogP) is 1.68. The maximum atomic E-state index is 12.6. The Morgan fingerprint density at radius 3 is 2.64 bits per heavy atom. The third-order valence-corrected chi connectivity index (χ3v) is 6.89. The highest BCUT2D eigenvalue weighted by atomic mass is 32.2. The first-order chi connectivity index (χ1) is 10.5. The zero-order valence-electron chi connectivity index (χ0n) is 12.5. The van der Waals surface area contributed by atoms with E-state index in [4.69, 9.17) is 0 Å². The van der Waals surface area contributed by atoms with Gasteiger partial charge in [-0.1, -0.05) is 29.5 Å². The van der Waals surface area contributed by atoms with Crippen molar-refractivity contribution in [1.82, 2.24) is 19.1 Å². The van der Waals surface area contributed by atoms with Crippen molar-refractivity contribution < 1.29 is 8.42 Å². The Balaban J connectivity index is 1.71. The van der Waals surface area contributed by atoms with Crippen LogP contribution in [0.25, 0.3) is 0 Å². The van der Waals surface area contributed by atoms with Gasteiger partial charge < -0.3 is 0 Å². The third kappa shape index (κ3) is 3.04. The van der Waals surface area contributed by atoms with E-state index >= 15 is 0 Å². The molecule has 1 aliphatic rings. The molecular formula is C14H18N4O2S2. The van der Waals surface area contributed by atoms with Crippen molar-refractivity contribution in [3.63, 3.8) is 0 Å². The van der Waals surface area contributed by atoms with Crippen molar-refractivity contribution in [1.29, 1.82) is 0 Å². The molecule has 1 fully saturated rings. The van der Waals surface area contributed by atoms with E-state index in [1.807, 2.05) is 26.1 Å². The first kappa shape index (κ1) is 15.5. The normalized spacial score (nSPS) is 19.6. The van der Waals surface area contributed by atoms with Crippen LogP contribution in [0.4, 0.5) is 0 Å². The Hall–Kier alpha value is -1.38. The molecule has 0 aliphatic carbocycles. The van der Waals surface area contributed by atoms with E-state index in [-0.39, 0.29) is 5.25 Å². The van der Waals surface area contributed by atoms with Crippen LogP contribution in [0.3, 0.4) is 0 Å². The van der Waals surface area contributed by atoms with Gasteiger partial charge in [-0.05, 0) is 25.5 Å². The summed E-state index contributed by atoms with van der Waals surface area (Å²) in [5.74, 6) is 0. The molecule has 2 aromatic rings. The Kier molecular flexibility index (Phi) is 4.24. The Bertz CT molecular complexity index is 755. The van der Waals surface area contributed by atoms with Gasteiger partial charge in [-0.15, -0.1) is 0 Å². The SMILES string of the molecule is Cc1ccc(S(=O)(=O)N2CCC(Sc3ncnn3C)C2)cc1. The minimum absolute atomic E-state index is 0.211. The Labute approximate surface area is 134 Å². The summed E-state index contributed by atoms with van der Waals surface area (Å²) in [6.45, 7) is 3.00. The third-order valence-electron chi connectivity index (χ3n) is 3.71. The number of rotatable bonds is 4. The summed E-state index contributed by atoms with van der Waals surface area (Å²) in [7, 11) is -1.56. The van der Waals surface area contributed by atoms with Gasteiger partial charge in [0.15, 0.2) is 5.16 Å². The molecule has 1 saturated heterocycles. The average molecular weight is 338 g/mol. The van der Waals surface area contributed by atoms with Gasteiger partial charge in [0.25, 0.3) is 0 Å². The van der Waals surface area contributed by atoms with Crippen molar-refractivity contribution in [2.45, 2.75) is 28.6 Å². The highest BCUT2D eigenvalue weighted by molar-refractivity contribution is 7.99. The van der Waals surface area contributed by atoms with Gasteiger partial charge in [0.05, 0.1) is 4.90 Å². The maximum absolute atomic E-state index is 12.6. The van der Waals surface area contributed by atoms with Gasteiger partial charge >= 0.3 is 0 Å². The minimum atomic E-state index is -3.40. The van der Waals surface area contributed by atoms with Crippen LogP contribution >= 0.6 is 11.8 Å². The maximum Gasteiger partial charge on any atom is 0.243 e.